The molecule has 1 rings (SSSR count). The largest absolute Gasteiger partial charge is 0.390 e. The Bertz CT molecular complexity index is 197. The molecular formula is C6H7FO3. The van der Waals surface area contributed by atoms with E-state index < -0.39 is 23.5 Å². The van der Waals surface area contributed by atoms with Crippen molar-refractivity contribution < 1.29 is 18.7 Å². The summed E-state index contributed by atoms with van der Waals surface area (Å²) in [7, 11) is 0. The van der Waals surface area contributed by atoms with E-state index in [0.29, 0.717) is 0 Å². The molecule has 1 aliphatic heterocycles. The normalized spacial score (nSPS) is 40.1. The fourth-order valence-electron chi connectivity index (χ4n) is 0.678. The van der Waals surface area contributed by atoms with Crippen LogP contribution in [0.2, 0.25) is 0 Å². The van der Waals surface area contributed by atoms with Gasteiger partial charge in [-0.05, 0) is 13.8 Å². The van der Waals surface area contributed by atoms with Gasteiger partial charge in [0.25, 0.3) is 0 Å². The van der Waals surface area contributed by atoms with Crippen LogP contribution in [0.1, 0.15) is 13.8 Å². The Balaban J connectivity index is 2.96. The Kier molecular flexibility index (Phi) is 1.28. The highest BCUT2D eigenvalue weighted by atomic mass is 19.1. The molecule has 0 spiro atoms. The summed E-state index contributed by atoms with van der Waals surface area (Å²) in [6.45, 7) is 2.37. The van der Waals surface area contributed by atoms with Crippen molar-refractivity contribution in [2.75, 3.05) is 0 Å². The van der Waals surface area contributed by atoms with E-state index in [2.05, 4.69) is 4.74 Å². The molecule has 0 saturated carbocycles. The summed E-state index contributed by atoms with van der Waals surface area (Å²) in [5.74, 6) is -2.83. The summed E-state index contributed by atoms with van der Waals surface area (Å²) in [4.78, 5) is 21.0. The van der Waals surface area contributed by atoms with Gasteiger partial charge in [-0.1, -0.05) is 0 Å². The van der Waals surface area contributed by atoms with Gasteiger partial charge < -0.3 is 4.74 Å². The predicted octanol–water partition coefficient (Wildman–Crippen LogP) is 0.434. The van der Waals surface area contributed by atoms with Gasteiger partial charge in [-0.25, -0.2) is 9.18 Å². The maximum atomic E-state index is 13.0. The highest BCUT2D eigenvalue weighted by Crippen LogP contribution is 2.30. The fraction of sp³-hybridized carbons (Fsp3) is 0.667. The third kappa shape index (κ3) is 0.716. The van der Waals surface area contributed by atoms with Crippen LogP contribution in [0.5, 0.6) is 0 Å². The lowest BCUT2D eigenvalue weighted by Crippen LogP contribution is -2.30. The number of halogens is 1. The van der Waals surface area contributed by atoms with E-state index in [0.717, 1.165) is 6.92 Å². The molecule has 0 amide bonds. The zero-order valence-corrected chi connectivity index (χ0v) is 5.68. The van der Waals surface area contributed by atoms with Crippen LogP contribution in [0.3, 0.4) is 0 Å². The molecule has 0 aliphatic carbocycles. The van der Waals surface area contributed by atoms with Crippen LogP contribution < -0.4 is 0 Å². The average molecular weight is 146 g/mol. The Morgan fingerprint density at radius 3 is 2.20 bits per heavy atom. The molecule has 10 heavy (non-hydrogen) atoms. The van der Waals surface area contributed by atoms with E-state index >= 15 is 0 Å². The zero-order chi connectivity index (χ0) is 7.94. The van der Waals surface area contributed by atoms with Crippen LogP contribution in [0.4, 0.5) is 4.39 Å². The molecule has 56 valence electrons. The van der Waals surface area contributed by atoms with Crippen LogP contribution in [0.25, 0.3) is 0 Å². The van der Waals surface area contributed by atoms with Gasteiger partial charge >= 0.3 is 11.9 Å². The molecule has 1 fully saturated rings. The maximum absolute atomic E-state index is 13.0. The van der Waals surface area contributed by atoms with Crippen LogP contribution in [-0.4, -0.2) is 17.6 Å². The minimum Gasteiger partial charge on any atom is -0.390 e. The Morgan fingerprint density at radius 1 is 1.60 bits per heavy atom. The molecule has 0 aromatic rings. The molecular weight excluding hydrogens is 139 g/mol. The number of hydrogen-bond donors (Lipinski definition) is 0. The molecule has 3 nitrogen and oxygen atoms in total. The van der Waals surface area contributed by atoms with E-state index in [1.54, 1.807) is 0 Å². The number of esters is 2. The number of cyclic esters (lactones) is 2. The second kappa shape index (κ2) is 1.78. The lowest BCUT2D eigenvalue weighted by Gasteiger charge is -2.09. The van der Waals surface area contributed by atoms with Gasteiger partial charge in [0.1, 0.15) is 0 Å². The minimum absolute atomic E-state index is 0.782. The van der Waals surface area contributed by atoms with Crippen LogP contribution >= 0.6 is 0 Å². The quantitative estimate of drug-likeness (QED) is 0.367. The van der Waals surface area contributed by atoms with Crippen molar-refractivity contribution in [3.8, 4) is 0 Å². The highest BCUT2D eigenvalue weighted by molar-refractivity contribution is 6.00. The van der Waals surface area contributed by atoms with Crippen molar-refractivity contribution in [2.45, 2.75) is 19.5 Å². The molecule has 2 atom stereocenters. The number of ether oxygens (including phenoxy) is 1. The number of hydrogen-bond acceptors (Lipinski definition) is 3. The topological polar surface area (TPSA) is 43.4 Å². The van der Waals surface area contributed by atoms with Crippen LogP contribution in [-0.2, 0) is 14.3 Å². The highest BCUT2D eigenvalue weighted by Gasteiger charge is 2.52. The van der Waals surface area contributed by atoms with E-state index in [9.17, 15) is 14.0 Å². The summed E-state index contributed by atoms with van der Waals surface area (Å²) in [5.41, 5.74) is -2.13. The van der Waals surface area contributed by atoms with Crippen molar-refractivity contribution in [3.63, 3.8) is 0 Å². The minimum atomic E-state index is -2.13. The molecule has 0 aromatic carbocycles. The summed E-state index contributed by atoms with van der Waals surface area (Å²) in [5, 5.41) is 0. The zero-order valence-electron chi connectivity index (χ0n) is 5.68. The second-order valence-electron chi connectivity index (χ2n) is 2.51. The molecule has 0 N–H and O–H groups in total. The predicted molar refractivity (Wildman–Crippen MR) is 29.8 cm³/mol. The smallest absolute Gasteiger partial charge is 0.352 e. The number of carbonyl (C=O) groups is 2. The first-order chi connectivity index (χ1) is 4.46. The maximum Gasteiger partial charge on any atom is 0.352 e. The third-order valence-corrected chi connectivity index (χ3v) is 1.76. The van der Waals surface area contributed by atoms with Gasteiger partial charge in [0.05, 0.1) is 5.92 Å². The number of carbonyl (C=O) groups excluding carboxylic acids is 2. The SMILES string of the molecule is CC1C(=O)OC(=O)C1(C)F. The van der Waals surface area contributed by atoms with Gasteiger partial charge in [0, 0.05) is 0 Å². The summed E-state index contributed by atoms with van der Waals surface area (Å²) in [6, 6.07) is 0. The van der Waals surface area contributed by atoms with E-state index in [1.165, 1.54) is 6.92 Å². The van der Waals surface area contributed by atoms with E-state index in [1.807, 2.05) is 0 Å². The third-order valence-electron chi connectivity index (χ3n) is 1.76. The van der Waals surface area contributed by atoms with Gasteiger partial charge in [-0.15, -0.1) is 0 Å². The van der Waals surface area contributed by atoms with Gasteiger partial charge in [0.15, 0.2) is 0 Å². The van der Waals surface area contributed by atoms with Crippen molar-refractivity contribution in [3.05, 3.63) is 0 Å². The standard InChI is InChI=1S/C6H7FO3/c1-3-4(8)10-5(9)6(3,2)7/h3H,1-2H3. The molecule has 0 bridgehead atoms. The van der Waals surface area contributed by atoms with Gasteiger partial charge in [-0.2, -0.15) is 0 Å². The Labute approximate surface area is 57.2 Å². The van der Waals surface area contributed by atoms with Crippen molar-refractivity contribution in [1.82, 2.24) is 0 Å². The van der Waals surface area contributed by atoms with Gasteiger partial charge in [-0.3, -0.25) is 4.79 Å². The fourth-order valence-corrected chi connectivity index (χ4v) is 0.678. The summed E-state index contributed by atoms with van der Waals surface area (Å²) in [6.07, 6.45) is 0. The molecule has 2 unspecified atom stereocenters. The molecule has 1 heterocycles. The van der Waals surface area contributed by atoms with E-state index in [4.69, 9.17) is 0 Å². The summed E-state index contributed by atoms with van der Waals surface area (Å²) >= 11 is 0. The summed E-state index contributed by atoms with van der Waals surface area (Å²) < 4.78 is 17.0. The first-order valence-electron chi connectivity index (χ1n) is 2.91. The van der Waals surface area contributed by atoms with Crippen LogP contribution in [0, 0.1) is 5.92 Å². The van der Waals surface area contributed by atoms with Crippen molar-refractivity contribution in [2.24, 2.45) is 5.92 Å². The molecule has 1 aliphatic rings. The van der Waals surface area contributed by atoms with Crippen molar-refractivity contribution >= 4 is 11.9 Å². The first-order valence-corrected chi connectivity index (χ1v) is 2.91. The number of alkyl halides is 1. The van der Waals surface area contributed by atoms with E-state index in [-0.39, 0.29) is 0 Å². The Hall–Kier alpha value is -0.930. The second-order valence-corrected chi connectivity index (χ2v) is 2.51. The molecule has 0 radical (unpaired) electrons. The average Bonchev–Trinajstić information content (AvgIpc) is 1.97. The van der Waals surface area contributed by atoms with Crippen molar-refractivity contribution in [1.29, 1.82) is 0 Å². The first kappa shape index (κ1) is 7.18. The monoisotopic (exact) mass is 146 g/mol. The number of rotatable bonds is 0. The lowest BCUT2D eigenvalue weighted by atomic mass is 9.96. The molecule has 1 saturated heterocycles. The lowest BCUT2D eigenvalue weighted by molar-refractivity contribution is -0.155. The molecule has 4 heteroatoms. The van der Waals surface area contributed by atoms with Crippen LogP contribution in [0.15, 0.2) is 0 Å². The molecule has 0 aromatic heterocycles. The van der Waals surface area contributed by atoms with Gasteiger partial charge in [0.2, 0.25) is 5.67 Å². The Morgan fingerprint density at radius 2 is 2.10 bits per heavy atom.